The molecule has 2 N–H and O–H groups in total. The van der Waals surface area contributed by atoms with E-state index in [0.717, 1.165) is 57.8 Å². The number of nitrogens with one attached hydrogen (secondary N) is 1. The maximum atomic E-state index is 13.5. The zero-order chi connectivity index (χ0) is 34.8. The molecule has 7 atom stereocenters. The summed E-state index contributed by atoms with van der Waals surface area (Å²) in [5.41, 5.74) is 0.843. The first-order chi connectivity index (χ1) is 22.7. The Morgan fingerprint density at radius 2 is 1.56 bits per heavy atom. The number of carbonyl (C=O) groups excluding carboxylic acids is 4. The van der Waals surface area contributed by atoms with Gasteiger partial charge in [0.25, 0.3) is 11.8 Å². The average molecular weight is 665 g/mol. The molecule has 6 rings (SSSR count). The van der Waals surface area contributed by atoms with Crippen LogP contribution in [-0.2, 0) is 18.9 Å². The summed E-state index contributed by atoms with van der Waals surface area (Å²) in [6.07, 6.45) is 8.69. The second kappa shape index (κ2) is 15.1. The molecule has 1 aromatic carbocycles. The topological polar surface area (TPSA) is 122 Å². The van der Waals surface area contributed by atoms with E-state index in [2.05, 4.69) is 39.9 Å². The smallest absolute Gasteiger partial charge is 0.404 e. The highest BCUT2D eigenvalue weighted by atomic mass is 16.7. The van der Waals surface area contributed by atoms with Crippen LogP contribution in [0.2, 0.25) is 0 Å². The average Bonchev–Trinajstić information content (AvgIpc) is 3.51. The van der Waals surface area contributed by atoms with Crippen LogP contribution in [0.15, 0.2) is 24.3 Å². The van der Waals surface area contributed by atoms with Gasteiger partial charge in [0.1, 0.15) is 5.78 Å². The minimum Gasteiger partial charge on any atom is -0.404 e. The second-order valence-corrected chi connectivity index (χ2v) is 16.2. The van der Waals surface area contributed by atoms with Crippen molar-refractivity contribution in [1.29, 1.82) is 0 Å². The molecule has 2 aliphatic heterocycles. The number of hydrogen-bond donors (Lipinski definition) is 2. The van der Waals surface area contributed by atoms with Crippen LogP contribution in [-0.4, -0.2) is 70.9 Å². The molecule has 4 fully saturated rings. The number of Topliss-reactive ketones (excluding diaryl/α,β-unsaturated/α-hetero) is 1. The van der Waals surface area contributed by atoms with Crippen LogP contribution in [0.3, 0.4) is 0 Å². The van der Waals surface area contributed by atoms with Gasteiger partial charge in [0.15, 0.2) is 0 Å². The molecule has 3 saturated carbocycles. The molecule has 5 aliphatic rings. The molecule has 2 heterocycles. The van der Waals surface area contributed by atoms with Crippen LogP contribution in [0.1, 0.15) is 139 Å². The molecule has 264 valence electrons. The number of aliphatic hydroxyl groups excluding tert-OH is 1. The van der Waals surface area contributed by atoms with E-state index < -0.39 is 19.1 Å². The van der Waals surface area contributed by atoms with Gasteiger partial charge in [-0.2, -0.15) is 0 Å². The van der Waals surface area contributed by atoms with Gasteiger partial charge in [0.05, 0.1) is 40.8 Å². The summed E-state index contributed by atoms with van der Waals surface area (Å²) in [5.74, 6) is -0.541. The van der Waals surface area contributed by atoms with Gasteiger partial charge in [-0.05, 0) is 81.3 Å². The van der Waals surface area contributed by atoms with Gasteiger partial charge in [-0.15, -0.1) is 0 Å². The Labute approximate surface area is 287 Å². The molecule has 0 radical (unpaired) electrons. The molecule has 48 heavy (non-hydrogen) atoms. The van der Waals surface area contributed by atoms with Crippen LogP contribution < -0.4 is 5.32 Å². The molecule has 9 nitrogen and oxygen atoms in total. The van der Waals surface area contributed by atoms with E-state index in [1.807, 2.05) is 0 Å². The largest absolute Gasteiger partial charge is 0.481 e. The Kier molecular flexibility index (Phi) is 11.6. The van der Waals surface area contributed by atoms with Gasteiger partial charge in [0, 0.05) is 19.4 Å². The van der Waals surface area contributed by atoms with E-state index in [0.29, 0.717) is 48.3 Å². The number of imide groups is 1. The molecule has 3 aliphatic carbocycles. The number of fused-ring (bicyclic) bond motifs is 1. The fourth-order valence-corrected chi connectivity index (χ4v) is 8.85. The number of benzene rings is 1. The number of aliphatic hydroxyl groups is 1. The lowest BCUT2D eigenvalue weighted by Crippen LogP contribution is -2.65. The maximum Gasteiger partial charge on any atom is 0.481 e. The summed E-state index contributed by atoms with van der Waals surface area (Å²) in [7, 11) is -0.547. The number of rotatable bonds is 18. The van der Waals surface area contributed by atoms with Crippen LogP contribution in [0, 0.1) is 29.1 Å². The van der Waals surface area contributed by atoms with E-state index in [1.54, 1.807) is 31.2 Å². The third-order valence-corrected chi connectivity index (χ3v) is 11.9. The number of hydrogen-bond acceptors (Lipinski definition) is 7. The molecular weight excluding hydrogens is 607 g/mol. The second-order valence-electron chi connectivity index (χ2n) is 16.2. The van der Waals surface area contributed by atoms with Crippen molar-refractivity contribution in [2.45, 2.75) is 142 Å². The lowest BCUT2D eigenvalue weighted by atomic mass is 9.43. The van der Waals surface area contributed by atoms with E-state index >= 15 is 0 Å². The Hall–Kier alpha value is -2.56. The van der Waals surface area contributed by atoms with Gasteiger partial charge >= 0.3 is 7.12 Å². The summed E-state index contributed by atoms with van der Waals surface area (Å²) < 4.78 is 13.2. The highest BCUT2D eigenvalue weighted by Crippen LogP contribution is 2.65. The number of nitrogens with zero attached hydrogens (tertiary/aromatic N) is 1. The monoisotopic (exact) mass is 664 g/mol. The number of unbranched alkanes of at least 4 members (excludes halogenated alkanes) is 6. The Morgan fingerprint density at radius 1 is 0.958 bits per heavy atom. The molecule has 2 bridgehead atoms. The summed E-state index contributed by atoms with van der Waals surface area (Å²) in [5, 5.41) is 13.7. The summed E-state index contributed by atoms with van der Waals surface area (Å²) in [6.45, 7) is 13.1. The third-order valence-electron chi connectivity index (χ3n) is 11.9. The highest BCUT2D eigenvalue weighted by molar-refractivity contribution is 6.47. The standard InChI is InChI=1S/C38H57BN2O7/c1-24(2)20-33(39-47-32-22-26-21-31(37(26,4)5)38(32,6)48-39)40-34(44)30(25(3)42)23-27(43)16-12-10-8-7-9-11-15-19-41-35(45)28-17-13-14-18-29(28)36(41)46/h13-14,17-18,24-26,30-33,42H,7-12,15-16,19-23H2,1-6H3,(H,40,44)/t25-,26-,30+,31-,32-,33+,38+/m1/s1. The quantitative estimate of drug-likeness (QED) is 0.110. The fourth-order valence-electron chi connectivity index (χ4n) is 8.85. The Bertz CT molecular complexity index is 1310. The predicted molar refractivity (Wildman–Crippen MR) is 185 cm³/mol. The van der Waals surface area contributed by atoms with Crippen LogP contribution in [0.4, 0.5) is 0 Å². The van der Waals surface area contributed by atoms with Crippen molar-refractivity contribution in [2.75, 3.05) is 6.54 Å². The van der Waals surface area contributed by atoms with Gasteiger partial charge < -0.3 is 19.7 Å². The van der Waals surface area contributed by atoms with Crippen molar-refractivity contribution in [2.24, 2.45) is 29.1 Å². The van der Waals surface area contributed by atoms with Crippen molar-refractivity contribution in [3.8, 4) is 0 Å². The van der Waals surface area contributed by atoms with Crippen molar-refractivity contribution < 1.29 is 33.6 Å². The van der Waals surface area contributed by atoms with Gasteiger partial charge in [-0.25, -0.2) is 0 Å². The van der Waals surface area contributed by atoms with Crippen molar-refractivity contribution >= 4 is 30.6 Å². The SMILES string of the molecule is CC(C)C[C@H](NC(=O)[C@@H](CC(=O)CCCCCCCCCN1C(=O)c2ccccc2C1=O)[C@@H](C)O)B1O[C@@H]2C[C@H]3C[C@H](C3(C)C)[C@]2(C)O1. The number of carbonyl (C=O) groups is 4. The first-order valence-electron chi connectivity index (χ1n) is 18.5. The zero-order valence-electron chi connectivity index (χ0n) is 30.0. The van der Waals surface area contributed by atoms with E-state index in [4.69, 9.17) is 9.31 Å². The molecule has 0 aromatic heterocycles. The summed E-state index contributed by atoms with van der Waals surface area (Å²) in [6, 6.07) is 6.97. The van der Waals surface area contributed by atoms with Crippen LogP contribution >= 0.6 is 0 Å². The Balaban J connectivity index is 0.999. The van der Waals surface area contributed by atoms with Gasteiger partial charge in [-0.3, -0.25) is 24.1 Å². The lowest BCUT2D eigenvalue weighted by molar-refractivity contribution is -0.199. The van der Waals surface area contributed by atoms with Crippen LogP contribution in [0.5, 0.6) is 0 Å². The highest BCUT2D eigenvalue weighted by Gasteiger charge is 2.68. The zero-order valence-corrected chi connectivity index (χ0v) is 30.0. The number of amides is 3. The van der Waals surface area contributed by atoms with Gasteiger partial charge in [0.2, 0.25) is 5.91 Å². The normalized spacial score (nSPS) is 27.4. The first kappa shape index (κ1) is 36.7. The minimum absolute atomic E-state index is 0.00805. The van der Waals surface area contributed by atoms with Crippen molar-refractivity contribution in [3.05, 3.63) is 35.4 Å². The molecule has 10 heteroatoms. The molecule has 0 unspecified atom stereocenters. The predicted octanol–water partition coefficient (Wildman–Crippen LogP) is 6.16. The van der Waals surface area contributed by atoms with E-state index in [1.165, 1.54) is 4.90 Å². The molecule has 1 saturated heterocycles. The summed E-state index contributed by atoms with van der Waals surface area (Å²) >= 11 is 0. The number of ketones is 1. The summed E-state index contributed by atoms with van der Waals surface area (Å²) in [4.78, 5) is 52.8. The molecular formula is C38H57BN2O7. The van der Waals surface area contributed by atoms with Gasteiger partial charge in [-0.1, -0.05) is 71.9 Å². The van der Waals surface area contributed by atoms with E-state index in [9.17, 15) is 24.3 Å². The van der Waals surface area contributed by atoms with Crippen LogP contribution in [0.25, 0.3) is 0 Å². The molecule has 3 amide bonds. The molecule has 1 aromatic rings. The van der Waals surface area contributed by atoms with E-state index in [-0.39, 0.29) is 53.0 Å². The fraction of sp³-hybridized carbons (Fsp3) is 0.737. The Morgan fingerprint density at radius 3 is 2.15 bits per heavy atom. The molecule has 0 spiro atoms. The third kappa shape index (κ3) is 7.61. The first-order valence-corrected chi connectivity index (χ1v) is 18.5. The lowest BCUT2D eigenvalue weighted by Gasteiger charge is -2.64. The minimum atomic E-state index is -0.951. The van der Waals surface area contributed by atoms with Crippen molar-refractivity contribution in [3.63, 3.8) is 0 Å². The van der Waals surface area contributed by atoms with Crippen molar-refractivity contribution in [1.82, 2.24) is 10.2 Å². The maximum absolute atomic E-state index is 13.5.